The summed E-state index contributed by atoms with van der Waals surface area (Å²) in [4.78, 5) is 15.2. The zero-order valence-corrected chi connectivity index (χ0v) is 17.7. The number of methoxy groups -OCH3 is 2. The lowest BCUT2D eigenvalue weighted by Gasteiger charge is -2.32. The van der Waals surface area contributed by atoms with Gasteiger partial charge in [0.2, 0.25) is 5.91 Å². The average molecular weight is 397 g/mol. The number of benzene rings is 2. The first kappa shape index (κ1) is 21.2. The fourth-order valence-electron chi connectivity index (χ4n) is 3.99. The number of piperidine rings is 1. The molecular formula is C24H32N2O3. The molecule has 0 bridgehead atoms. The second-order valence-corrected chi connectivity index (χ2v) is 7.70. The van der Waals surface area contributed by atoms with Crippen LogP contribution in [0.25, 0.3) is 0 Å². The molecule has 5 nitrogen and oxygen atoms in total. The third kappa shape index (κ3) is 5.73. The van der Waals surface area contributed by atoms with Crippen molar-refractivity contribution in [2.24, 2.45) is 5.92 Å². The van der Waals surface area contributed by atoms with E-state index in [1.807, 2.05) is 48.5 Å². The topological polar surface area (TPSA) is 50.8 Å². The minimum Gasteiger partial charge on any atom is -0.497 e. The monoisotopic (exact) mass is 396 g/mol. The van der Waals surface area contributed by atoms with Crippen molar-refractivity contribution >= 4 is 5.91 Å². The molecule has 5 heteroatoms. The van der Waals surface area contributed by atoms with Crippen LogP contribution in [0.2, 0.25) is 0 Å². The third-order valence-electron chi connectivity index (χ3n) is 5.75. The lowest BCUT2D eigenvalue weighted by molar-refractivity contribution is -0.123. The standard InChI is InChI=1S/C24H32N2O3/c1-4-18-6-5-15-26(16-18)17-23(27)25-24(19-7-11-21(28-2)12-8-19)20-9-13-22(29-3)14-10-20/h7-14,18,24H,4-6,15-17H2,1-3H3,(H,25,27). The number of nitrogens with zero attached hydrogens (tertiary/aromatic N) is 1. The summed E-state index contributed by atoms with van der Waals surface area (Å²) < 4.78 is 10.6. The Morgan fingerprint density at radius 1 is 1.03 bits per heavy atom. The van der Waals surface area contributed by atoms with Gasteiger partial charge in [-0.2, -0.15) is 0 Å². The first-order valence-corrected chi connectivity index (χ1v) is 10.4. The van der Waals surface area contributed by atoms with Crippen LogP contribution >= 0.6 is 0 Å². The molecule has 156 valence electrons. The summed E-state index contributed by atoms with van der Waals surface area (Å²) in [6.45, 7) is 4.69. The molecule has 1 aliphatic rings. The predicted octanol–water partition coefficient (Wildman–Crippen LogP) is 4.03. The van der Waals surface area contributed by atoms with Crippen LogP contribution in [0.1, 0.15) is 43.4 Å². The number of carbonyl (C=O) groups is 1. The van der Waals surface area contributed by atoms with Crippen molar-refractivity contribution in [1.29, 1.82) is 0 Å². The van der Waals surface area contributed by atoms with Gasteiger partial charge in [-0.05, 0) is 60.7 Å². The molecule has 0 aromatic heterocycles. The summed E-state index contributed by atoms with van der Waals surface area (Å²) in [6, 6.07) is 15.5. The molecule has 0 radical (unpaired) electrons. The Balaban J connectivity index is 1.75. The number of likely N-dealkylation sites (tertiary alicyclic amines) is 1. The van der Waals surface area contributed by atoms with E-state index in [9.17, 15) is 4.79 Å². The molecule has 1 saturated heterocycles. The number of ether oxygens (including phenoxy) is 2. The van der Waals surface area contributed by atoms with E-state index in [0.29, 0.717) is 12.5 Å². The Hall–Kier alpha value is -2.53. The highest BCUT2D eigenvalue weighted by molar-refractivity contribution is 5.79. The van der Waals surface area contributed by atoms with Crippen LogP contribution in [0.5, 0.6) is 11.5 Å². The summed E-state index contributed by atoms with van der Waals surface area (Å²) in [5.74, 6) is 2.36. The highest BCUT2D eigenvalue weighted by Gasteiger charge is 2.23. The minimum atomic E-state index is -0.217. The number of amides is 1. The summed E-state index contributed by atoms with van der Waals surface area (Å²) in [5.41, 5.74) is 2.05. The molecule has 2 aromatic rings. The zero-order chi connectivity index (χ0) is 20.6. The SMILES string of the molecule is CCC1CCCN(CC(=O)NC(c2ccc(OC)cc2)c2ccc(OC)cc2)C1. The second-order valence-electron chi connectivity index (χ2n) is 7.70. The molecule has 1 heterocycles. The van der Waals surface area contributed by atoms with Crippen LogP contribution in [0.15, 0.2) is 48.5 Å². The van der Waals surface area contributed by atoms with Crippen molar-refractivity contribution in [3.8, 4) is 11.5 Å². The molecule has 1 unspecified atom stereocenters. The van der Waals surface area contributed by atoms with Crippen LogP contribution < -0.4 is 14.8 Å². The number of hydrogen-bond donors (Lipinski definition) is 1. The Morgan fingerprint density at radius 3 is 2.07 bits per heavy atom. The smallest absolute Gasteiger partial charge is 0.234 e. The van der Waals surface area contributed by atoms with Crippen molar-refractivity contribution in [3.63, 3.8) is 0 Å². The van der Waals surface area contributed by atoms with Gasteiger partial charge in [-0.25, -0.2) is 0 Å². The van der Waals surface area contributed by atoms with Gasteiger partial charge in [-0.3, -0.25) is 9.69 Å². The second kappa shape index (κ2) is 10.3. The van der Waals surface area contributed by atoms with Gasteiger partial charge in [0.25, 0.3) is 0 Å². The van der Waals surface area contributed by atoms with Crippen molar-refractivity contribution in [2.45, 2.75) is 32.2 Å². The summed E-state index contributed by atoms with van der Waals surface area (Å²) >= 11 is 0. The lowest BCUT2D eigenvalue weighted by atomic mass is 9.95. The number of carbonyl (C=O) groups excluding carboxylic acids is 1. The number of rotatable bonds is 8. The maximum atomic E-state index is 12.9. The van der Waals surface area contributed by atoms with E-state index >= 15 is 0 Å². The van der Waals surface area contributed by atoms with Gasteiger partial charge in [0.1, 0.15) is 11.5 Å². The van der Waals surface area contributed by atoms with Gasteiger partial charge in [-0.1, -0.05) is 37.6 Å². The number of nitrogens with one attached hydrogen (secondary N) is 1. The van der Waals surface area contributed by atoms with Crippen LogP contribution in [-0.4, -0.2) is 44.7 Å². The average Bonchev–Trinajstić information content (AvgIpc) is 2.78. The minimum absolute atomic E-state index is 0.0541. The zero-order valence-electron chi connectivity index (χ0n) is 17.7. The van der Waals surface area contributed by atoms with Gasteiger partial charge in [-0.15, -0.1) is 0 Å². The highest BCUT2D eigenvalue weighted by Crippen LogP contribution is 2.26. The van der Waals surface area contributed by atoms with Crippen molar-refractivity contribution in [3.05, 3.63) is 59.7 Å². The normalized spacial score (nSPS) is 17.2. The molecule has 29 heavy (non-hydrogen) atoms. The van der Waals surface area contributed by atoms with Gasteiger partial charge in [0.05, 0.1) is 26.8 Å². The van der Waals surface area contributed by atoms with E-state index < -0.39 is 0 Å². The molecule has 1 fully saturated rings. The van der Waals surface area contributed by atoms with Crippen molar-refractivity contribution in [2.75, 3.05) is 33.9 Å². The molecular weight excluding hydrogens is 364 g/mol. The van der Waals surface area contributed by atoms with E-state index in [2.05, 4.69) is 17.1 Å². The first-order chi connectivity index (χ1) is 14.1. The van der Waals surface area contributed by atoms with Gasteiger partial charge < -0.3 is 14.8 Å². The maximum Gasteiger partial charge on any atom is 0.234 e. The molecule has 2 aromatic carbocycles. The van der Waals surface area contributed by atoms with Gasteiger partial charge in [0, 0.05) is 6.54 Å². The molecule has 3 rings (SSSR count). The summed E-state index contributed by atoms with van der Waals surface area (Å²) in [7, 11) is 3.31. The van der Waals surface area contributed by atoms with E-state index in [-0.39, 0.29) is 11.9 Å². The fourth-order valence-corrected chi connectivity index (χ4v) is 3.99. The van der Waals surface area contributed by atoms with E-state index in [4.69, 9.17) is 9.47 Å². The molecule has 1 aliphatic heterocycles. The van der Waals surface area contributed by atoms with E-state index in [0.717, 1.165) is 35.7 Å². The summed E-state index contributed by atoms with van der Waals surface area (Å²) in [5, 5.41) is 3.24. The highest BCUT2D eigenvalue weighted by atomic mass is 16.5. The van der Waals surface area contributed by atoms with Crippen LogP contribution in [-0.2, 0) is 4.79 Å². The van der Waals surface area contributed by atoms with Crippen molar-refractivity contribution < 1.29 is 14.3 Å². The molecule has 0 aliphatic carbocycles. The van der Waals surface area contributed by atoms with E-state index in [1.165, 1.54) is 19.3 Å². The third-order valence-corrected chi connectivity index (χ3v) is 5.75. The Morgan fingerprint density at radius 2 is 1.59 bits per heavy atom. The van der Waals surface area contributed by atoms with Gasteiger partial charge in [0.15, 0.2) is 0 Å². The quantitative estimate of drug-likeness (QED) is 0.732. The number of hydrogen-bond acceptors (Lipinski definition) is 4. The maximum absolute atomic E-state index is 12.9. The van der Waals surface area contributed by atoms with E-state index in [1.54, 1.807) is 14.2 Å². The Bertz CT molecular complexity index is 726. The Labute approximate surface area is 174 Å². The Kier molecular flexibility index (Phi) is 7.53. The molecule has 1 N–H and O–H groups in total. The predicted molar refractivity (Wildman–Crippen MR) is 115 cm³/mol. The first-order valence-electron chi connectivity index (χ1n) is 10.4. The van der Waals surface area contributed by atoms with Crippen LogP contribution in [0, 0.1) is 5.92 Å². The van der Waals surface area contributed by atoms with Crippen LogP contribution in [0.4, 0.5) is 0 Å². The van der Waals surface area contributed by atoms with Crippen molar-refractivity contribution in [1.82, 2.24) is 10.2 Å². The van der Waals surface area contributed by atoms with Gasteiger partial charge >= 0.3 is 0 Å². The molecule has 1 atom stereocenters. The largest absolute Gasteiger partial charge is 0.497 e. The molecule has 1 amide bonds. The molecule has 0 spiro atoms. The fraction of sp³-hybridized carbons (Fsp3) is 0.458. The molecule has 0 saturated carbocycles. The van der Waals surface area contributed by atoms with Crippen LogP contribution in [0.3, 0.4) is 0 Å². The summed E-state index contributed by atoms with van der Waals surface area (Å²) in [6.07, 6.45) is 3.62. The lowest BCUT2D eigenvalue weighted by Crippen LogP contribution is -2.43.